The van der Waals surface area contributed by atoms with Crippen LogP contribution in [0.15, 0.2) is 0 Å². The fraction of sp³-hybridized carbons (Fsp3) is 0.909. The number of rotatable bonds is 6. The first-order valence-electron chi connectivity index (χ1n) is 5.31. The molecule has 80 valence electrons. The lowest BCUT2D eigenvalue weighted by Gasteiger charge is -2.19. The quantitative estimate of drug-likeness (QED) is 0.612. The van der Waals surface area contributed by atoms with E-state index in [1.807, 2.05) is 0 Å². The second-order valence-corrected chi connectivity index (χ2v) is 3.95. The third kappa shape index (κ3) is 3.28. The summed E-state index contributed by atoms with van der Waals surface area (Å²) in [5.74, 6) is 0. The Labute approximate surface area is 86.0 Å². The van der Waals surface area contributed by atoms with E-state index in [-0.39, 0.29) is 5.41 Å². The largest absolute Gasteiger partial charge is 0.382 e. The van der Waals surface area contributed by atoms with Crippen LogP contribution >= 0.6 is 0 Å². The maximum atomic E-state index is 9.09. The summed E-state index contributed by atoms with van der Waals surface area (Å²) >= 11 is 0. The number of hydrogen-bond acceptors (Lipinski definition) is 3. The molecular formula is C11H19NO2. The average molecular weight is 197 g/mol. The van der Waals surface area contributed by atoms with E-state index in [0.717, 1.165) is 19.3 Å². The van der Waals surface area contributed by atoms with E-state index in [1.54, 1.807) is 7.11 Å². The zero-order valence-electron chi connectivity index (χ0n) is 8.92. The minimum atomic E-state index is -0.0763. The fourth-order valence-electron chi connectivity index (χ4n) is 1.98. The van der Waals surface area contributed by atoms with Gasteiger partial charge in [-0.2, -0.15) is 5.26 Å². The van der Waals surface area contributed by atoms with Crippen molar-refractivity contribution in [2.75, 3.05) is 26.9 Å². The molecule has 0 unspecified atom stereocenters. The van der Waals surface area contributed by atoms with E-state index in [2.05, 4.69) is 6.07 Å². The molecule has 3 nitrogen and oxygen atoms in total. The molecule has 3 heteroatoms. The van der Waals surface area contributed by atoms with Crippen LogP contribution in [0.2, 0.25) is 0 Å². The van der Waals surface area contributed by atoms with Crippen molar-refractivity contribution < 1.29 is 9.47 Å². The molecule has 0 bridgehead atoms. The number of nitriles is 1. The standard InChI is InChI=1S/C11H19NO2/c1-13-8-9-14-7-6-11(10-12)4-2-3-5-11/h2-9H2,1H3. The molecule has 1 rings (SSSR count). The molecule has 1 aliphatic rings. The maximum Gasteiger partial charge on any atom is 0.0700 e. The molecule has 0 aromatic carbocycles. The van der Waals surface area contributed by atoms with Gasteiger partial charge in [-0.25, -0.2) is 0 Å². The van der Waals surface area contributed by atoms with Crippen molar-refractivity contribution in [3.05, 3.63) is 0 Å². The predicted molar refractivity (Wildman–Crippen MR) is 53.8 cm³/mol. The van der Waals surface area contributed by atoms with Crippen LogP contribution in [0, 0.1) is 16.7 Å². The van der Waals surface area contributed by atoms with Crippen molar-refractivity contribution >= 4 is 0 Å². The lowest BCUT2D eigenvalue weighted by molar-refractivity contribution is 0.0586. The summed E-state index contributed by atoms with van der Waals surface area (Å²) in [5, 5.41) is 9.09. The van der Waals surface area contributed by atoms with E-state index >= 15 is 0 Å². The Kier molecular flexibility index (Phi) is 4.92. The topological polar surface area (TPSA) is 42.2 Å². The van der Waals surface area contributed by atoms with Crippen molar-refractivity contribution in [1.29, 1.82) is 5.26 Å². The van der Waals surface area contributed by atoms with Gasteiger partial charge in [-0.15, -0.1) is 0 Å². The summed E-state index contributed by atoms with van der Waals surface area (Å²) in [4.78, 5) is 0. The summed E-state index contributed by atoms with van der Waals surface area (Å²) in [6, 6.07) is 2.46. The second kappa shape index (κ2) is 6.00. The van der Waals surface area contributed by atoms with Crippen molar-refractivity contribution in [1.82, 2.24) is 0 Å². The first-order valence-corrected chi connectivity index (χ1v) is 5.31. The maximum absolute atomic E-state index is 9.09. The zero-order valence-corrected chi connectivity index (χ0v) is 8.92. The number of hydrogen-bond donors (Lipinski definition) is 0. The highest BCUT2D eigenvalue weighted by Crippen LogP contribution is 2.40. The molecule has 0 N–H and O–H groups in total. The molecule has 1 fully saturated rings. The molecule has 0 radical (unpaired) electrons. The van der Waals surface area contributed by atoms with Gasteiger partial charge in [0.05, 0.1) is 24.7 Å². The Morgan fingerprint density at radius 1 is 1.21 bits per heavy atom. The summed E-state index contributed by atoms with van der Waals surface area (Å²) in [6.07, 6.45) is 5.39. The Bertz CT molecular complexity index is 192. The van der Waals surface area contributed by atoms with Crippen LogP contribution in [0.3, 0.4) is 0 Å². The molecule has 14 heavy (non-hydrogen) atoms. The third-order valence-corrected chi connectivity index (χ3v) is 2.95. The lowest BCUT2D eigenvalue weighted by Crippen LogP contribution is -2.17. The first-order chi connectivity index (χ1) is 6.83. The van der Waals surface area contributed by atoms with Gasteiger partial charge in [0.1, 0.15) is 0 Å². The van der Waals surface area contributed by atoms with Gasteiger partial charge in [0.2, 0.25) is 0 Å². The Morgan fingerprint density at radius 3 is 2.50 bits per heavy atom. The highest BCUT2D eigenvalue weighted by molar-refractivity contribution is 5.01. The second-order valence-electron chi connectivity index (χ2n) is 3.95. The highest BCUT2D eigenvalue weighted by Gasteiger charge is 2.33. The normalized spacial score (nSPS) is 19.4. The molecule has 0 amide bonds. The molecule has 0 aromatic heterocycles. The van der Waals surface area contributed by atoms with Crippen LogP contribution in [-0.2, 0) is 9.47 Å². The van der Waals surface area contributed by atoms with Crippen LogP contribution in [-0.4, -0.2) is 26.9 Å². The van der Waals surface area contributed by atoms with Gasteiger partial charge in [0.15, 0.2) is 0 Å². The molecule has 0 aliphatic heterocycles. The van der Waals surface area contributed by atoms with E-state index in [0.29, 0.717) is 19.8 Å². The van der Waals surface area contributed by atoms with Gasteiger partial charge in [0.25, 0.3) is 0 Å². The Balaban J connectivity index is 2.13. The first kappa shape index (κ1) is 11.5. The third-order valence-electron chi connectivity index (χ3n) is 2.95. The van der Waals surface area contributed by atoms with Crippen molar-refractivity contribution in [2.45, 2.75) is 32.1 Å². The monoisotopic (exact) mass is 197 g/mol. The van der Waals surface area contributed by atoms with E-state index in [4.69, 9.17) is 14.7 Å². The van der Waals surface area contributed by atoms with Crippen LogP contribution in [0.5, 0.6) is 0 Å². The summed E-state index contributed by atoms with van der Waals surface area (Å²) in [5.41, 5.74) is -0.0763. The van der Waals surface area contributed by atoms with Crippen LogP contribution in [0.25, 0.3) is 0 Å². The average Bonchev–Trinajstić information content (AvgIpc) is 2.67. The molecule has 0 saturated heterocycles. The van der Waals surface area contributed by atoms with E-state index in [9.17, 15) is 0 Å². The number of nitrogens with zero attached hydrogens (tertiary/aromatic N) is 1. The van der Waals surface area contributed by atoms with E-state index in [1.165, 1.54) is 12.8 Å². The van der Waals surface area contributed by atoms with Crippen molar-refractivity contribution in [3.63, 3.8) is 0 Å². The summed E-state index contributed by atoms with van der Waals surface area (Å²) < 4.78 is 10.3. The van der Waals surface area contributed by atoms with Gasteiger partial charge in [0, 0.05) is 13.7 Å². The van der Waals surface area contributed by atoms with Gasteiger partial charge in [-0.05, 0) is 19.3 Å². The molecule has 0 atom stereocenters. The van der Waals surface area contributed by atoms with Crippen LogP contribution in [0.1, 0.15) is 32.1 Å². The van der Waals surface area contributed by atoms with E-state index < -0.39 is 0 Å². The minimum absolute atomic E-state index is 0.0763. The molecule has 0 heterocycles. The molecular weight excluding hydrogens is 178 g/mol. The van der Waals surface area contributed by atoms with Crippen LogP contribution in [0.4, 0.5) is 0 Å². The molecule has 1 aliphatic carbocycles. The van der Waals surface area contributed by atoms with Gasteiger partial charge < -0.3 is 9.47 Å². The Hall–Kier alpha value is -0.590. The van der Waals surface area contributed by atoms with Gasteiger partial charge in [-0.1, -0.05) is 12.8 Å². The van der Waals surface area contributed by atoms with Crippen LogP contribution < -0.4 is 0 Å². The SMILES string of the molecule is COCCOCCC1(C#N)CCCC1. The molecule has 1 saturated carbocycles. The zero-order chi connectivity index (χ0) is 10.3. The van der Waals surface area contributed by atoms with Gasteiger partial charge >= 0.3 is 0 Å². The van der Waals surface area contributed by atoms with Crippen molar-refractivity contribution in [3.8, 4) is 6.07 Å². The Morgan fingerprint density at radius 2 is 1.93 bits per heavy atom. The molecule has 0 spiro atoms. The number of ether oxygens (including phenoxy) is 2. The number of methoxy groups -OCH3 is 1. The van der Waals surface area contributed by atoms with Gasteiger partial charge in [-0.3, -0.25) is 0 Å². The van der Waals surface area contributed by atoms with Crippen molar-refractivity contribution in [2.24, 2.45) is 5.41 Å². The smallest absolute Gasteiger partial charge is 0.0700 e. The minimum Gasteiger partial charge on any atom is -0.382 e. The molecule has 0 aromatic rings. The lowest BCUT2D eigenvalue weighted by atomic mass is 9.85. The fourth-order valence-corrected chi connectivity index (χ4v) is 1.98. The summed E-state index contributed by atoms with van der Waals surface area (Å²) in [7, 11) is 1.66. The highest BCUT2D eigenvalue weighted by atomic mass is 16.5. The predicted octanol–water partition coefficient (Wildman–Crippen LogP) is 2.12. The summed E-state index contributed by atoms with van der Waals surface area (Å²) in [6.45, 7) is 1.97.